The minimum Gasteiger partial charge on any atom is -0.323 e. The maximum Gasteiger partial charge on any atom is 0.324 e. The Morgan fingerprint density at radius 2 is 2.20 bits per heavy atom. The van der Waals surface area contributed by atoms with Crippen molar-refractivity contribution in [2.75, 3.05) is 31.1 Å². The summed E-state index contributed by atoms with van der Waals surface area (Å²) in [6.07, 6.45) is 3.59. The molecule has 1 aliphatic carbocycles. The van der Waals surface area contributed by atoms with E-state index in [1.165, 1.54) is 12.8 Å². The van der Waals surface area contributed by atoms with Gasteiger partial charge in [0.25, 0.3) is 0 Å². The minimum atomic E-state index is 0.576. The molecule has 0 bridgehead atoms. The largest absolute Gasteiger partial charge is 0.324 e. The van der Waals surface area contributed by atoms with Crippen LogP contribution in [0.3, 0.4) is 0 Å². The molecule has 2 fully saturated rings. The van der Waals surface area contributed by atoms with Crippen LogP contribution < -0.4 is 10.2 Å². The van der Waals surface area contributed by atoms with Crippen molar-refractivity contribution in [2.24, 2.45) is 0 Å². The Labute approximate surface area is 88.8 Å². The summed E-state index contributed by atoms with van der Waals surface area (Å²) in [6.45, 7) is 4.06. The molecule has 1 aromatic rings. The summed E-state index contributed by atoms with van der Waals surface area (Å²) in [7, 11) is 0. The van der Waals surface area contributed by atoms with Gasteiger partial charge in [-0.25, -0.2) is 0 Å². The summed E-state index contributed by atoms with van der Waals surface area (Å²) in [4.78, 5) is 6.64. The third-order valence-corrected chi connectivity index (χ3v) is 2.98. The fourth-order valence-corrected chi connectivity index (χ4v) is 1.90. The molecular formula is C10H16N4O. The molecule has 0 amide bonds. The van der Waals surface area contributed by atoms with Crippen LogP contribution in [0, 0.1) is 0 Å². The normalized spacial score (nSPS) is 22.8. The smallest absolute Gasteiger partial charge is 0.323 e. The number of anilines is 1. The van der Waals surface area contributed by atoms with Crippen LogP contribution in [0.25, 0.3) is 0 Å². The van der Waals surface area contributed by atoms with Crippen molar-refractivity contribution in [2.45, 2.75) is 25.2 Å². The van der Waals surface area contributed by atoms with E-state index in [1.807, 2.05) is 0 Å². The molecular weight excluding hydrogens is 192 g/mol. The number of aromatic nitrogens is 2. The van der Waals surface area contributed by atoms with Gasteiger partial charge in [0.1, 0.15) is 0 Å². The molecule has 15 heavy (non-hydrogen) atoms. The van der Waals surface area contributed by atoms with E-state index in [1.54, 1.807) is 0 Å². The molecule has 1 saturated heterocycles. The number of hydrogen-bond donors (Lipinski definition) is 1. The molecule has 1 saturated carbocycles. The van der Waals surface area contributed by atoms with Gasteiger partial charge >= 0.3 is 6.01 Å². The van der Waals surface area contributed by atoms with E-state index in [0.29, 0.717) is 11.9 Å². The fourth-order valence-electron chi connectivity index (χ4n) is 1.90. The van der Waals surface area contributed by atoms with Crippen LogP contribution in [0.5, 0.6) is 0 Å². The summed E-state index contributed by atoms with van der Waals surface area (Å²) in [5.74, 6) is 1.48. The lowest BCUT2D eigenvalue weighted by atomic mass is 10.4. The predicted octanol–water partition coefficient (Wildman–Crippen LogP) is 0.747. The van der Waals surface area contributed by atoms with E-state index >= 15 is 0 Å². The average molecular weight is 208 g/mol. The van der Waals surface area contributed by atoms with Gasteiger partial charge in [-0.1, -0.05) is 5.16 Å². The summed E-state index contributed by atoms with van der Waals surface area (Å²) in [5, 5.41) is 7.39. The van der Waals surface area contributed by atoms with Crippen LogP contribution in [0.1, 0.15) is 31.0 Å². The Morgan fingerprint density at radius 3 is 3.07 bits per heavy atom. The van der Waals surface area contributed by atoms with Crippen LogP contribution in [0.4, 0.5) is 6.01 Å². The van der Waals surface area contributed by atoms with Gasteiger partial charge in [0.15, 0.2) is 5.82 Å². The monoisotopic (exact) mass is 208 g/mol. The molecule has 0 radical (unpaired) electrons. The van der Waals surface area contributed by atoms with E-state index < -0.39 is 0 Å². The first-order valence-corrected chi connectivity index (χ1v) is 5.73. The standard InChI is InChI=1S/C10H16N4O/c1-4-11-5-7-14(6-1)10-12-9(13-15-10)8-2-3-8/h8,11H,1-7H2. The Kier molecular flexibility index (Phi) is 2.32. The molecule has 2 aliphatic rings. The summed E-state index contributed by atoms with van der Waals surface area (Å²) < 4.78 is 5.30. The van der Waals surface area contributed by atoms with Crippen LogP contribution in [-0.4, -0.2) is 36.3 Å². The molecule has 0 spiro atoms. The first-order valence-electron chi connectivity index (χ1n) is 5.73. The van der Waals surface area contributed by atoms with Crippen LogP contribution >= 0.6 is 0 Å². The topological polar surface area (TPSA) is 54.2 Å². The van der Waals surface area contributed by atoms with Crippen molar-refractivity contribution < 1.29 is 4.52 Å². The molecule has 5 heteroatoms. The lowest BCUT2D eigenvalue weighted by molar-refractivity contribution is 0.407. The second kappa shape index (κ2) is 3.81. The van der Waals surface area contributed by atoms with E-state index in [9.17, 15) is 0 Å². The minimum absolute atomic E-state index is 0.576. The quantitative estimate of drug-likeness (QED) is 0.777. The average Bonchev–Trinajstić information content (AvgIpc) is 3.04. The molecule has 1 aromatic heterocycles. The summed E-state index contributed by atoms with van der Waals surface area (Å²) >= 11 is 0. The van der Waals surface area contributed by atoms with Crippen LogP contribution in [0.15, 0.2) is 4.52 Å². The molecule has 3 rings (SSSR count). The van der Waals surface area contributed by atoms with Gasteiger partial charge in [-0.2, -0.15) is 4.98 Å². The Balaban J connectivity index is 1.72. The predicted molar refractivity (Wildman–Crippen MR) is 56.0 cm³/mol. The molecule has 82 valence electrons. The molecule has 1 N–H and O–H groups in total. The third kappa shape index (κ3) is 1.97. The van der Waals surface area contributed by atoms with Crippen molar-refractivity contribution in [3.63, 3.8) is 0 Å². The molecule has 5 nitrogen and oxygen atoms in total. The Bertz CT molecular complexity index is 326. The first-order chi connectivity index (χ1) is 7.43. The highest BCUT2D eigenvalue weighted by atomic mass is 16.5. The zero-order valence-electron chi connectivity index (χ0n) is 8.78. The molecule has 2 heterocycles. The first kappa shape index (κ1) is 9.15. The van der Waals surface area contributed by atoms with Gasteiger partial charge in [0, 0.05) is 25.6 Å². The highest BCUT2D eigenvalue weighted by Crippen LogP contribution is 2.38. The third-order valence-electron chi connectivity index (χ3n) is 2.98. The Hall–Kier alpha value is -1.10. The van der Waals surface area contributed by atoms with E-state index in [-0.39, 0.29) is 0 Å². The van der Waals surface area contributed by atoms with Gasteiger partial charge in [-0.05, 0) is 25.8 Å². The molecule has 1 aliphatic heterocycles. The van der Waals surface area contributed by atoms with E-state index in [0.717, 1.165) is 38.4 Å². The van der Waals surface area contributed by atoms with E-state index in [4.69, 9.17) is 4.52 Å². The maximum absolute atomic E-state index is 5.30. The highest BCUT2D eigenvalue weighted by molar-refractivity contribution is 5.26. The van der Waals surface area contributed by atoms with E-state index in [2.05, 4.69) is 20.4 Å². The van der Waals surface area contributed by atoms with Gasteiger partial charge < -0.3 is 14.7 Å². The SMILES string of the molecule is C1CNCCN(c2nc(C3CC3)no2)C1. The van der Waals surface area contributed by atoms with Crippen molar-refractivity contribution in [1.29, 1.82) is 0 Å². The van der Waals surface area contributed by atoms with Crippen molar-refractivity contribution in [1.82, 2.24) is 15.5 Å². The second-order valence-electron chi connectivity index (χ2n) is 4.30. The maximum atomic E-state index is 5.30. The zero-order valence-corrected chi connectivity index (χ0v) is 8.78. The molecule has 0 atom stereocenters. The number of nitrogens with one attached hydrogen (secondary N) is 1. The second-order valence-corrected chi connectivity index (χ2v) is 4.30. The van der Waals surface area contributed by atoms with Gasteiger partial charge in [-0.3, -0.25) is 0 Å². The number of rotatable bonds is 2. The van der Waals surface area contributed by atoms with Crippen molar-refractivity contribution in [3.8, 4) is 0 Å². The fraction of sp³-hybridized carbons (Fsp3) is 0.800. The molecule has 0 unspecified atom stereocenters. The number of nitrogens with zero attached hydrogens (tertiary/aromatic N) is 3. The zero-order chi connectivity index (χ0) is 10.1. The van der Waals surface area contributed by atoms with Gasteiger partial charge in [0.05, 0.1) is 0 Å². The van der Waals surface area contributed by atoms with Gasteiger partial charge in [-0.15, -0.1) is 0 Å². The van der Waals surface area contributed by atoms with Crippen LogP contribution in [0.2, 0.25) is 0 Å². The lowest BCUT2D eigenvalue weighted by Gasteiger charge is -2.15. The van der Waals surface area contributed by atoms with Crippen LogP contribution in [-0.2, 0) is 0 Å². The summed E-state index contributed by atoms with van der Waals surface area (Å²) in [6, 6.07) is 0.709. The summed E-state index contributed by atoms with van der Waals surface area (Å²) in [5.41, 5.74) is 0. The molecule has 0 aromatic carbocycles. The Morgan fingerprint density at radius 1 is 1.27 bits per heavy atom. The van der Waals surface area contributed by atoms with Crippen molar-refractivity contribution in [3.05, 3.63) is 5.82 Å². The lowest BCUT2D eigenvalue weighted by Crippen LogP contribution is -2.28. The number of hydrogen-bond acceptors (Lipinski definition) is 5. The van der Waals surface area contributed by atoms with Crippen molar-refractivity contribution >= 4 is 6.01 Å². The highest BCUT2D eigenvalue weighted by Gasteiger charge is 2.29. The van der Waals surface area contributed by atoms with Gasteiger partial charge in [0.2, 0.25) is 0 Å².